The normalized spacial score (nSPS) is 15.9. The predicted molar refractivity (Wildman–Crippen MR) is 77.2 cm³/mol. The first-order chi connectivity index (χ1) is 9.22. The Morgan fingerprint density at radius 3 is 2.95 bits per heavy atom. The molecule has 0 amide bonds. The second kappa shape index (κ2) is 5.45. The number of carbonyl (C=O) groups excluding carboxylic acids is 1. The molecule has 0 spiro atoms. The highest BCUT2D eigenvalue weighted by molar-refractivity contribution is 7.22. The number of benzene rings is 1. The van der Waals surface area contributed by atoms with Crippen molar-refractivity contribution in [1.29, 1.82) is 0 Å². The lowest BCUT2D eigenvalue weighted by atomic mass is 10.1. The van der Waals surface area contributed by atoms with Gasteiger partial charge in [-0.15, -0.1) is 0 Å². The van der Waals surface area contributed by atoms with Crippen molar-refractivity contribution < 1.29 is 9.53 Å². The number of aromatic nitrogens is 1. The molecule has 1 aliphatic rings. The molecule has 0 radical (unpaired) electrons. The first-order valence-electron chi connectivity index (χ1n) is 6.13. The van der Waals surface area contributed by atoms with Crippen LogP contribution < -0.4 is 4.90 Å². The molecule has 0 N–H and O–H groups in total. The SMILES string of the molecule is O=C(Cl)Cc1ccc2sc(N3CCOCC3)nc2c1. The van der Waals surface area contributed by atoms with Crippen LogP contribution in [-0.4, -0.2) is 36.5 Å². The zero-order chi connectivity index (χ0) is 13.2. The first kappa shape index (κ1) is 12.8. The van der Waals surface area contributed by atoms with Crippen LogP contribution in [0.4, 0.5) is 5.13 Å². The molecule has 1 fully saturated rings. The zero-order valence-electron chi connectivity index (χ0n) is 10.3. The number of morpholine rings is 1. The van der Waals surface area contributed by atoms with Crippen LogP contribution in [0.15, 0.2) is 18.2 Å². The maximum Gasteiger partial charge on any atom is 0.226 e. The van der Waals surface area contributed by atoms with E-state index in [0.717, 1.165) is 47.2 Å². The molecule has 3 rings (SSSR count). The van der Waals surface area contributed by atoms with Gasteiger partial charge in [-0.05, 0) is 29.3 Å². The smallest absolute Gasteiger partial charge is 0.226 e. The van der Waals surface area contributed by atoms with E-state index >= 15 is 0 Å². The standard InChI is InChI=1S/C13H13ClN2O2S/c14-12(17)8-9-1-2-11-10(7-9)15-13(19-11)16-3-5-18-6-4-16/h1-2,7H,3-6,8H2. The molecule has 0 aliphatic carbocycles. The Labute approximate surface area is 119 Å². The number of halogens is 1. The summed E-state index contributed by atoms with van der Waals surface area (Å²) in [6, 6.07) is 5.88. The van der Waals surface area contributed by atoms with Gasteiger partial charge in [0, 0.05) is 19.5 Å². The van der Waals surface area contributed by atoms with Crippen LogP contribution in [0.3, 0.4) is 0 Å². The minimum Gasteiger partial charge on any atom is -0.378 e. The molecule has 0 saturated carbocycles. The fourth-order valence-corrected chi connectivity index (χ4v) is 3.27. The first-order valence-corrected chi connectivity index (χ1v) is 7.32. The minimum atomic E-state index is -0.344. The van der Waals surface area contributed by atoms with Gasteiger partial charge >= 0.3 is 0 Å². The molecule has 2 heterocycles. The highest BCUT2D eigenvalue weighted by Gasteiger charge is 2.15. The van der Waals surface area contributed by atoms with Gasteiger partial charge < -0.3 is 9.64 Å². The average Bonchev–Trinajstić information content (AvgIpc) is 2.82. The monoisotopic (exact) mass is 296 g/mol. The van der Waals surface area contributed by atoms with Crippen LogP contribution >= 0.6 is 22.9 Å². The van der Waals surface area contributed by atoms with Crippen molar-refractivity contribution in [2.24, 2.45) is 0 Å². The molecule has 4 nitrogen and oxygen atoms in total. The summed E-state index contributed by atoms with van der Waals surface area (Å²) in [5.41, 5.74) is 1.84. The highest BCUT2D eigenvalue weighted by Crippen LogP contribution is 2.30. The molecule has 100 valence electrons. The summed E-state index contributed by atoms with van der Waals surface area (Å²) in [6.45, 7) is 3.27. The van der Waals surface area contributed by atoms with Crippen molar-refractivity contribution in [1.82, 2.24) is 4.98 Å². The fraction of sp³-hybridized carbons (Fsp3) is 0.385. The van der Waals surface area contributed by atoms with Gasteiger partial charge in [0.25, 0.3) is 0 Å². The second-order valence-electron chi connectivity index (χ2n) is 4.43. The van der Waals surface area contributed by atoms with Crippen LogP contribution in [0.25, 0.3) is 10.2 Å². The molecule has 0 atom stereocenters. The lowest BCUT2D eigenvalue weighted by Gasteiger charge is -2.25. The van der Waals surface area contributed by atoms with Gasteiger partial charge in [-0.1, -0.05) is 17.4 Å². The molecule has 19 heavy (non-hydrogen) atoms. The summed E-state index contributed by atoms with van der Waals surface area (Å²) >= 11 is 7.08. The van der Waals surface area contributed by atoms with Crippen LogP contribution in [0.2, 0.25) is 0 Å². The van der Waals surface area contributed by atoms with Gasteiger partial charge in [0.1, 0.15) is 0 Å². The zero-order valence-corrected chi connectivity index (χ0v) is 11.8. The topological polar surface area (TPSA) is 42.4 Å². The molecule has 1 aromatic carbocycles. The molecule has 0 unspecified atom stereocenters. The maximum absolute atomic E-state index is 10.9. The Bertz CT molecular complexity index is 608. The lowest BCUT2D eigenvalue weighted by molar-refractivity contribution is -0.111. The van der Waals surface area contributed by atoms with E-state index in [1.54, 1.807) is 11.3 Å². The van der Waals surface area contributed by atoms with E-state index in [1.807, 2.05) is 18.2 Å². The van der Waals surface area contributed by atoms with Crippen molar-refractivity contribution in [3.05, 3.63) is 23.8 Å². The molecule has 1 aromatic heterocycles. The highest BCUT2D eigenvalue weighted by atomic mass is 35.5. The van der Waals surface area contributed by atoms with Crippen LogP contribution in [0.5, 0.6) is 0 Å². The van der Waals surface area contributed by atoms with E-state index in [4.69, 9.17) is 16.3 Å². The van der Waals surface area contributed by atoms with Crippen molar-refractivity contribution in [3.8, 4) is 0 Å². The summed E-state index contributed by atoms with van der Waals surface area (Å²) in [5, 5.41) is 0.677. The molecule has 2 aromatic rings. The van der Waals surface area contributed by atoms with Crippen LogP contribution in [-0.2, 0) is 16.0 Å². The number of carbonyl (C=O) groups is 1. The van der Waals surface area contributed by atoms with E-state index in [1.165, 1.54) is 0 Å². The molecule has 1 aliphatic heterocycles. The van der Waals surface area contributed by atoms with Gasteiger partial charge in [-0.2, -0.15) is 0 Å². The Balaban J connectivity index is 1.89. The number of rotatable bonds is 3. The third kappa shape index (κ3) is 2.88. The number of fused-ring (bicyclic) bond motifs is 1. The van der Waals surface area contributed by atoms with Crippen molar-refractivity contribution in [2.45, 2.75) is 6.42 Å². The molecule has 0 bridgehead atoms. The summed E-state index contributed by atoms with van der Waals surface area (Å²) in [4.78, 5) is 17.8. The van der Waals surface area contributed by atoms with Crippen LogP contribution in [0.1, 0.15) is 5.56 Å². The predicted octanol–water partition coefficient (Wildman–Crippen LogP) is 2.44. The number of thiazole rings is 1. The Morgan fingerprint density at radius 2 is 2.21 bits per heavy atom. The Morgan fingerprint density at radius 1 is 1.42 bits per heavy atom. The number of hydrogen-bond acceptors (Lipinski definition) is 5. The van der Waals surface area contributed by atoms with Gasteiger partial charge in [0.2, 0.25) is 5.24 Å². The number of ether oxygens (including phenoxy) is 1. The minimum absolute atomic E-state index is 0.252. The number of nitrogens with zero attached hydrogens (tertiary/aromatic N) is 2. The molecule has 1 saturated heterocycles. The van der Waals surface area contributed by atoms with E-state index in [2.05, 4.69) is 9.88 Å². The fourth-order valence-electron chi connectivity index (χ4n) is 2.12. The largest absolute Gasteiger partial charge is 0.378 e. The molecular weight excluding hydrogens is 284 g/mol. The third-order valence-electron chi connectivity index (χ3n) is 3.07. The van der Waals surface area contributed by atoms with Gasteiger partial charge in [0.15, 0.2) is 5.13 Å². The number of hydrogen-bond donors (Lipinski definition) is 0. The van der Waals surface area contributed by atoms with E-state index in [-0.39, 0.29) is 11.7 Å². The van der Waals surface area contributed by atoms with Gasteiger partial charge in [-0.3, -0.25) is 4.79 Å². The second-order valence-corrected chi connectivity index (χ2v) is 5.86. The van der Waals surface area contributed by atoms with Crippen molar-refractivity contribution in [2.75, 3.05) is 31.2 Å². The Kier molecular flexibility index (Phi) is 3.68. The van der Waals surface area contributed by atoms with Gasteiger partial charge in [0.05, 0.1) is 23.4 Å². The van der Waals surface area contributed by atoms with E-state index in [9.17, 15) is 4.79 Å². The maximum atomic E-state index is 10.9. The summed E-state index contributed by atoms with van der Waals surface area (Å²) in [7, 11) is 0. The molecular formula is C13H13ClN2O2S. The summed E-state index contributed by atoms with van der Waals surface area (Å²) in [6.07, 6.45) is 0.252. The quantitative estimate of drug-likeness (QED) is 0.816. The van der Waals surface area contributed by atoms with E-state index in [0.29, 0.717) is 0 Å². The third-order valence-corrected chi connectivity index (χ3v) is 4.30. The van der Waals surface area contributed by atoms with Crippen molar-refractivity contribution >= 4 is 43.5 Å². The summed E-state index contributed by atoms with van der Waals surface area (Å²) in [5.74, 6) is 0. The Hall–Kier alpha value is -1.17. The lowest BCUT2D eigenvalue weighted by Crippen LogP contribution is -2.36. The van der Waals surface area contributed by atoms with Gasteiger partial charge in [-0.25, -0.2) is 4.98 Å². The van der Waals surface area contributed by atoms with Crippen LogP contribution in [0, 0.1) is 0 Å². The molecule has 6 heteroatoms. The average molecular weight is 297 g/mol. The van der Waals surface area contributed by atoms with E-state index < -0.39 is 0 Å². The summed E-state index contributed by atoms with van der Waals surface area (Å²) < 4.78 is 6.47. The number of anilines is 1. The van der Waals surface area contributed by atoms with Crippen molar-refractivity contribution in [3.63, 3.8) is 0 Å².